The van der Waals surface area contributed by atoms with Crippen molar-refractivity contribution in [2.24, 2.45) is 13.0 Å². The third kappa shape index (κ3) is 3.98. The first-order valence-electron chi connectivity index (χ1n) is 9.85. The molecule has 146 valence electrons. The second-order valence-electron chi connectivity index (χ2n) is 7.61. The molecule has 0 unspecified atom stereocenters. The fourth-order valence-corrected chi connectivity index (χ4v) is 4.02. The number of aliphatic hydroxyl groups excluding tert-OH is 1. The molecule has 6 nitrogen and oxygen atoms in total. The highest BCUT2D eigenvalue weighted by Crippen LogP contribution is 2.25. The van der Waals surface area contributed by atoms with Gasteiger partial charge >= 0.3 is 0 Å². The number of carbonyl (C=O) groups excluding carboxylic acids is 1. The Morgan fingerprint density at radius 1 is 1.18 bits per heavy atom. The number of aliphatic hydroxyl groups is 1. The number of Topliss-reactive ketones (excluding diaryl/α,β-unsaturated/α-hetero) is 1. The SMILES string of the molecule is Cn1cncc1-c1ccc2cnc(CC(=O)C3CCN(CCO)CC3)cc2c1. The van der Waals surface area contributed by atoms with Gasteiger partial charge in [0.15, 0.2) is 0 Å². The molecule has 1 saturated heterocycles. The van der Waals surface area contributed by atoms with E-state index in [0.29, 0.717) is 13.0 Å². The average Bonchev–Trinajstić information content (AvgIpc) is 3.14. The number of aryl methyl sites for hydroxylation is 1. The number of β-amino-alcohol motifs (C(OH)–C–C–N with tert-alkyl or cyclic N) is 1. The van der Waals surface area contributed by atoms with Gasteiger partial charge in [0.25, 0.3) is 0 Å². The molecule has 28 heavy (non-hydrogen) atoms. The topological polar surface area (TPSA) is 71.2 Å². The summed E-state index contributed by atoms with van der Waals surface area (Å²) in [6.45, 7) is 2.65. The molecular weight excluding hydrogens is 352 g/mol. The molecule has 1 aromatic carbocycles. The van der Waals surface area contributed by atoms with E-state index in [-0.39, 0.29) is 18.3 Å². The van der Waals surface area contributed by atoms with Crippen LogP contribution in [0.2, 0.25) is 0 Å². The van der Waals surface area contributed by atoms with E-state index in [4.69, 9.17) is 5.11 Å². The van der Waals surface area contributed by atoms with E-state index < -0.39 is 0 Å². The molecule has 6 heteroatoms. The van der Waals surface area contributed by atoms with Crippen molar-refractivity contribution in [2.75, 3.05) is 26.2 Å². The third-order valence-corrected chi connectivity index (χ3v) is 5.71. The lowest BCUT2D eigenvalue weighted by atomic mass is 9.90. The zero-order valence-corrected chi connectivity index (χ0v) is 16.2. The van der Waals surface area contributed by atoms with Crippen molar-refractivity contribution in [2.45, 2.75) is 19.3 Å². The van der Waals surface area contributed by atoms with E-state index in [1.807, 2.05) is 30.1 Å². The van der Waals surface area contributed by atoms with Gasteiger partial charge in [-0.25, -0.2) is 4.98 Å². The summed E-state index contributed by atoms with van der Waals surface area (Å²) < 4.78 is 2.00. The van der Waals surface area contributed by atoms with Crippen LogP contribution in [0, 0.1) is 5.92 Å². The Bertz CT molecular complexity index is 974. The molecule has 1 fully saturated rings. The first-order chi connectivity index (χ1) is 13.6. The zero-order valence-electron chi connectivity index (χ0n) is 16.2. The Hall–Kier alpha value is -2.57. The molecule has 1 aliphatic heterocycles. The number of likely N-dealkylation sites (tertiary alicyclic amines) is 1. The van der Waals surface area contributed by atoms with Crippen LogP contribution >= 0.6 is 0 Å². The van der Waals surface area contributed by atoms with Crippen LogP contribution in [0.5, 0.6) is 0 Å². The third-order valence-electron chi connectivity index (χ3n) is 5.71. The van der Waals surface area contributed by atoms with E-state index >= 15 is 0 Å². The Morgan fingerprint density at radius 3 is 2.71 bits per heavy atom. The first-order valence-corrected chi connectivity index (χ1v) is 9.85. The Morgan fingerprint density at radius 2 is 2.00 bits per heavy atom. The number of hydrogen-bond donors (Lipinski definition) is 1. The number of rotatable bonds is 6. The van der Waals surface area contributed by atoms with Gasteiger partial charge < -0.3 is 14.6 Å². The number of benzene rings is 1. The average molecular weight is 378 g/mol. The minimum atomic E-state index is 0.105. The number of pyridine rings is 1. The maximum Gasteiger partial charge on any atom is 0.142 e. The van der Waals surface area contributed by atoms with Gasteiger partial charge in [0, 0.05) is 48.8 Å². The number of hydrogen-bond acceptors (Lipinski definition) is 5. The molecule has 0 amide bonds. The molecule has 3 heterocycles. The smallest absolute Gasteiger partial charge is 0.142 e. The van der Waals surface area contributed by atoms with Crippen LogP contribution in [-0.2, 0) is 18.3 Å². The van der Waals surface area contributed by atoms with Crippen LogP contribution in [0.3, 0.4) is 0 Å². The van der Waals surface area contributed by atoms with Gasteiger partial charge in [-0.05, 0) is 43.5 Å². The lowest BCUT2D eigenvalue weighted by Crippen LogP contribution is -2.38. The van der Waals surface area contributed by atoms with Gasteiger partial charge in [-0.2, -0.15) is 0 Å². The van der Waals surface area contributed by atoms with Crippen molar-refractivity contribution in [1.82, 2.24) is 19.4 Å². The van der Waals surface area contributed by atoms with Gasteiger partial charge in [0.2, 0.25) is 0 Å². The van der Waals surface area contributed by atoms with Crippen molar-refractivity contribution in [1.29, 1.82) is 0 Å². The lowest BCUT2D eigenvalue weighted by molar-refractivity contribution is -0.123. The van der Waals surface area contributed by atoms with Crippen molar-refractivity contribution >= 4 is 16.6 Å². The molecule has 0 atom stereocenters. The van der Waals surface area contributed by atoms with Crippen molar-refractivity contribution < 1.29 is 9.90 Å². The molecule has 1 N–H and O–H groups in total. The molecule has 2 aromatic heterocycles. The molecule has 0 radical (unpaired) electrons. The molecule has 0 aliphatic carbocycles. The van der Waals surface area contributed by atoms with E-state index in [1.165, 1.54) is 0 Å². The normalized spacial score (nSPS) is 15.9. The standard InChI is InChI=1S/C22H26N4O2/c1-25-15-23-14-21(25)17-2-3-18-13-24-20(11-19(18)10-17)12-22(28)16-4-6-26(7-5-16)8-9-27/h2-3,10-11,13-16,27H,4-9,12H2,1H3. The summed E-state index contributed by atoms with van der Waals surface area (Å²) in [5.74, 6) is 0.381. The summed E-state index contributed by atoms with van der Waals surface area (Å²) in [6, 6.07) is 8.31. The van der Waals surface area contributed by atoms with Gasteiger partial charge in [-0.15, -0.1) is 0 Å². The number of fused-ring (bicyclic) bond motifs is 1. The Labute approximate surface area is 164 Å². The number of aromatic nitrogens is 3. The Kier molecular flexibility index (Phi) is 5.50. The lowest BCUT2D eigenvalue weighted by Gasteiger charge is -2.30. The van der Waals surface area contributed by atoms with Crippen LogP contribution in [-0.4, -0.2) is 56.6 Å². The number of piperidine rings is 1. The number of imidazole rings is 1. The van der Waals surface area contributed by atoms with Crippen molar-refractivity contribution in [3.8, 4) is 11.3 Å². The van der Waals surface area contributed by atoms with E-state index in [9.17, 15) is 4.79 Å². The summed E-state index contributed by atoms with van der Waals surface area (Å²) in [4.78, 5) is 23.7. The van der Waals surface area contributed by atoms with E-state index in [0.717, 1.165) is 53.7 Å². The quantitative estimate of drug-likeness (QED) is 0.713. The van der Waals surface area contributed by atoms with Crippen LogP contribution in [0.1, 0.15) is 18.5 Å². The van der Waals surface area contributed by atoms with E-state index in [2.05, 4.69) is 33.1 Å². The molecule has 4 rings (SSSR count). The van der Waals surface area contributed by atoms with Gasteiger partial charge in [-0.3, -0.25) is 9.78 Å². The van der Waals surface area contributed by atoms with Crippen LogP contribution in [0.15, 0.2) is 43.0 Å². The minimum Gasteiger partial charge on any atom is -0.395 e. The molecular formula is C22H26N4O2. The van der Waals surface area contributed by atoms with Crippen LogP contribution in [0.25, 0.3) is 22.0 Å². The summed E-state index contributed by atoms with van der Waals surface area (Å²) in [7, 11) is 1.98. The number of nitrogens with zero attached hydrogens (tertiary/aromatic N) is 4. The highest BCUT2D eigenvalue weighted by Gasteiger charge is 2.24. The number of carbonyl (C=O) groups is 1. The summed E-state index contributed by atoms with van der Waals surface area (Å²) in [6.07, 6.45) is 7.64. The van der Waals surface area contributed by atoms with Crippen molar-refractivity contribution in [3.05, 3.63) is 48.7 Å². The number of ketones is 1. The minimum absolute atomic E-state index is 0.105. The maximum atomic E-state index is 12.7. The predicted octanol–water partition coefficient (Wildman–Crippen LogP) is 2.45. The second kappa shape index (κ2) is 8.20. The highest BCUT2D eigenvalue weighted by molar-refractivity contribution is 5.88. The summed E-state index contributed by atoms with van der Waals surface area (Å²) >= 11 is 0. The second-order valence-corrected chi connectivity index (χ2v) is 7.61. The molecule has 0 spiro atoms. The summed E-state index contributed by atoms with van der Waals surface area (Å²) in [5.41, 5.74) is 3.00. The Balaban J connectivity index is 1.48. The van der Waals surface area contributed by atoms with Gasteiger partial charge in [0.1, 0.15) is 5.78 Å². The van der Waals surface area contributed by atoms with Crippen LogP contribution in [0.4, 0.5) is 0 Å². The first kappa shape index (κ1) is 18.8. The van der Waals surface area contributed by atoms with Crippen molar-refractivity contribution in [3.63, 3.8) is 0 Å². The van der Waals surface area contributed by atoms with E-state index in [1.54, 1.807) is 6.33 Å². The zero-order chi connectivity index (χ0) is 19.5. The molecule has 3 aromatic rings. The predicted molar refractivity (Wildman–Crippen MR) is 109 cm³/mol. The molecule has 0 bridgehead atoms. The van der Waals surface area contributed by atoms with Gasteiger partial charge in [0.05, 0.1) is 24.8 Å². The van der Waals surface area contributed by atoms with Gasteiger partial charge in [-0.1, -0.05) is 12.1 Å². The fraction of sp³-hybridized carbons (Fsp3) is 0.409. The monoisotopic (exact) mass is 378 g/mol. The van der Waals surface area contributed by atoms with Crippen LogP contribution < -0.4 is 0 Å². The molecule has 0 saturated carbocycles. The highest BCUT2D eigenvalue weighted by atomic mass is 16.3. The largest absolute Gasteiger partial charge is 0.395 e. The fourth-order valence-electron chi connectivity index (χ4n) is 4.02. The maximum absolute atomic E-state index is 12.7. The molecule has 1 aliphatic rings. The summed E-state index contributed by atoms with van der Waals surface area (Å²) in [5, 5.41) is 11.2.